The highest BCUT2D eigenvalue weighted by Gasteiger charge is 2.34. The van der Waals surface area contributed by atoms with Crippen molar-refractivity contribution in [2.24, 2.45) is 0 Å². The second-order valence-electron chi connectivity index (χ2n) is 4.84. The normalized spacial score (nSPS) is 15.1. The summed E-state index contributed by atoms with van der Waals surface area (Å²) in [6.07, 6.45) is 2.23. The van der Waals surface area contributed by atoms with Gasteiger partial charge in [-0.25, -0.2) is 9.48 Å². The van der Waals surface area contributed by atoms with Crippen molar-refractivity contribution in [1.29, 1.82) is 0 Å². The fraction of sp³-hybridized carbons (Fsp3) is 0.750. The number of esters is 1. The fourth-order valence-corrected chi connectivity index (χ4v) is 1.89. The highest BCUT2D eigenvalue weighted by molar-refractivity contribution is 5.88. The van der Waals surface area contributed by atoms with E-state index >= 15 is 0 Å². The molecule has 6 heteroatoms. The summed E-state index contributed by atoms with van der Waals surface area (Å²) in [4.78, 5) is 13.9. The molecule has 1 fully saturated rings. The summed E-state index contributed by atoms with van der Waals surface area (Å²) >= 11 is 0. The lowest BCUT2D eigenvalue weighted by Gasteiger charge is -2.11. The largest absolute Gasteiger partial charge is 0.461 e. The van der Waals surface area contributed by atoms with Gasteiger partial charge in [0.25, 0.3) is 0 Å². The molecule has 0 radical (unpaired) electrons. The minimum Gasteiger partial charge on any atom is -0.461 e. The lowest BCUT2D eigenvalue weighted by atomic mass is 10.2. The number of nitrogens with zero attached hydrogens (tertiary/aromatic N) is 4. The number of aromatic nitrogens is 3. The molecule has 0 N–H and O–H groups in total. The van der Waals surface area contributed by atoms with Crippen molar-refractivity contribution in [3.63, 3.8) is 0 Å². The van der Waals surface area contributed by atoms with Gasteiger partial charge >= 0.3 is 5.97 Å². The van der Waals surface area contributed by atoms with E-state index in [-0.39, 0.29) is 5.97 Å². The summed E-state index contributed by atoms with van der Waals surface area (Å²) in [6, 6.07) is 0. The third-order valence-corrected chi connectivity index (χ3v) is 2.97. The van der Waals surface area contributed by atoms with Crippen molar-refractivity contribution in [2.75, 3.05) is 27.2 Å². The Morgan fingerprint density at radius 3 is 2.78 bits per heavy atom. The van der Waals surface area contributed by atoms with Crippen LogP contribution in [0.4, 0.5) is 0 Å². The Labute approximate surface area is 107 Å². The Bertz CT molecular complexity index is 424. The van der Waals surface area contributed by atoms with Crippen LogP contribution in [0.25, 0.3) is 0 Å². The van der Waals surface area contributed by atoms with Crippen LogP contribution in [0, 0.1) is 0 Å². The molecule has 0 saturated heterocycles. The van der Waals surface area contributed by atoms with Crippen LogP contribution in [-0.4, -0.2) is 53.1 Å². The molecule has 0 amide bonds. The first-order chi connectivity index (χ1) is 8.63. The molecule has 0 atom stereocenters. The molecule has 0 bridgehead atoms. The van der Waals surface area contributed by atoms with Gasteiger partial charge < -0.3 is 9.64 Å². The Hall–Kier alpha value is -1.43. The number of hydrogen-bond donors (Lipinski definition) is 0. The van der Waals surface area contributed by atoms with Crippen LogP contribution >= 0.6 is 0 Å². The van der Waals surface area contributed by atoms with Gasteiger partial charge in [-0.1, -0.05) is 5.21 Å². The number of carbonyl (C=O) groups excluding carboxylic acids is 1. The number of carbonyl (C=O) groups is 1. The van der Waals surface area contributed by atoms with Gasteiger partial charge in [0, 0.05) is 12.5 Å². The zero-order chi connectivity index (χ0) is 13.1. The smallest absolute Gasteiger partial charge is 0.360 e. The maximum absolute atomic E-state index is 11.8. The van der Waals surface area contributed by atoms with Crippen molar-refractivity contribution >= 4 is 5.97 Å². The molecule has 6 nitrogen and oxygen atoms in total. The van der Waals surface area contributed by atoms with Crippen LogP contribution in [0.15, 0.2) is 0 Å². The highest BCUT2D eigenvalue weighted by atomic mass is 16.5. The summed E-state index contributed by atoms with van der Waals surface area (Å²) in [5, 5.41) is 8.09. The van der Waals surface area contributed by atoms with E-state index in [4.69, 9.17) is 4.74 Å². The average molecular weight is 252 g/mol. The van der Waals surface area contributed by atoms with Crippen LogP contribution in [0.2, 0.25) is 0 Å². The molecule has 18 heavy (non-hydrogen) atoms. The SMILES string of the molecule is CCOC(=O)c1nnn(CCN(C)C)c1C1CC1. The van der Waals surface area contributed by atoms with Crippen molar-refractivity contribution in [3.05, 3.63) is 11.4 Å². The second kappa shape index (κ2) is 5.48. The summed E-state index contributed by atoms with van der Waals surface area (Å²) in [6.45, 7) is 3.80. The number of rotatable bonds is 6. The zero-order valence-corrected chi connectivity index (χ0v) is 11.2. The molecule has 0 spiro atoms. The molecule has 1 aliphatic rings. The molecule has 2 rings (SSSR count). The summed E-state index contributed by atoms with van der Waals surface area (Å²) < 4.78 is 6.87. The first kappa shape index (κ1) is 13.0. The van der Waals surface area contributed by atoms with E-state index in [9.17, 15) is 4.79 Å². The predicted molar refractivity (Wildman–Crippen MR) is 66.5 cm³/mol. The lowest BCUT2D eigenvalue weighted by Crippen LogP contribution is -2.20. The quantitative estimate of drug-likeness (QED) is 0.704. The first-order valence-electron chi connectivity index (χ1n) is 6.38. The Kier molecular flexibility index (Phi) is 3.96. The van der Waals surface area contributed by atoms with Crippen molar-refractivity contribution in [1.82, 2.24) is 19.9 Å². The standard InChI is InChI=1S/C12H20N4O2/c1-4-18-12(17)10-11(9-5-6-9)16(14-13-10)8-7-15(2)3/h9H,4-8H2,1-3H3. The molecule has 100 valence electrons. The number of likely N-dealkylation sites (N-methyl/N-ethyl adjacent to an activating group) is 1. The van der Waals surface area contributed by atoms with Crippen molar-refractivity contribution < 1.29 is 9.53 Å². The van der Waals surface area contributed by atoms with Gasteiger partial charge in [-0.15, -0.1) is 5.10 Å². The first-order valence-corrected chi connectivity index (χ1v) is 6.38. The molecular weight excluding hydrogens is 232 g/mol. The van der Waals surface area contributed by atoms with Crippen LogP contribution in [-0.2, 0) is 11.3 Å². The van der Waals surface area contributed by atoms with E-state index in [1.165, 1.54) is 0 Å². The molecule has 0 aliphatic heterocycles. The van der Waals surface area contributed by atoms with Crippen LogP contribution in [0.3, 0.4) is 0 Å². The molecule has 1 aromatic heterocycles. The van der Waals surface area contributed by atoms with E-state index in [0.29, 0.717) is 18.2 Å². The average Bonchev–Trinajstić information content (AvgIpc) is 3.06. The van der Waals surface area contributed by atoms with E-state index < -0.39 is 0 Å². The van der Waals surface area contributed by atoms with Crippen molar-refractivity contribution in [2.45, 2.75) is 32.2 Å². The number of hydrogen-bond acceptors (Lipinski definition) is 5. The van der Waals surface area contributed by atoms with Gasteiger partial charge in [0.2, 0.25) is 0 Å². The highest BCUT2D eigenvalue weighted by Crippen LogP contribution is 2.41. The van der Waals surface area contributed by atoms with Crippen molar-refractivity contribution in [3.8, 4) is 0 Å². The third kappa shape index (κ3) is 2.87. The Balaban J connectivity index is 2.17. The maximum Gasteiger partial charge on any atom is 0.360 e. The molecule has 0 unspecified atom stereocenters. The number of ether oxygens (including phenoxy) is 1. The summed E-state index contributed by atoms with van der Waals surface area (Å²) in [5.74, 6) is 0.0806. The third-order valence-electron chi connectivity index (χ3n) is 2.97. The topological polar surface area (TPSA) is 60.2 Å². The molecule has 1 heterocycles. The molecule has 1 aromatic rings. The predicted octanol–water partition coefficient (Wildman–Crippen LogP) is 0.894. The van der Waals surface area contributed by atoms with Gasteiger partial charge in [0.15, 0.2) is 5.69 Å². The van der Waals surface area contributed by atoms with E-state index in [2.05, 4.69) is 15.2 Å². The van der Waals surface area contributed by atoms with Crippen LogP contribution < -0.4 is 0 Å². The van der Waals surface area contributed by atoms with E-state index in [1.54, 1.807) is 6.92 Å². The zero-order valence-electron chi connectivity index (χ0n) is 11.2. The minimum atomic E-state index is -0.351. The van der Waals surface area contributed by atoms with Crippen LogP contribution in [0.5, 0.6) is 0 Å². The maximum atomic E-state index is 11.8. The minimum absolute atomic E-state index is 0.351. The van der Waals surface area contributed by atoms with E-state index in [0.717, 1.165) is 31.6 Å². The van der Waals surface area contributed by atoms with Gasteiger partial charge in [0.05, 0.1) is 18.8 Å². The van der Waals surface area contributed by atoms with Crippen LogP contribution in [0.1, 0.15) is 41.9 Å². The monoisotopic (exact) mass is 252 g/mol. The fourth-order valence-electron chi connectivity index (χ4n) is 1.89. The van der Waals surface area contributed by atoms with Gasteiger partial charge in [-0.2, -0.15) is 0 Å². The lowest BCUT2D eigenvalue weighted by molar-refractivity contribution is 0.0518. The second-order valence-corrected chi connectivity index (χ2v) is 4.84. The van der Waals surface area contributed by atoms with Gasteiger partial charge in [-0.3, -0.25) is 0 Å². The molecule has 1 aliphatic carbocycles. The Morgan fingerprint density at radius 2 is 2.22 bits per heavy atom. The summed E-state index contributed by atoms with van der Waals surface area (Å²) in [7, 11) is 4.03. The molecular formula is C12H20N4O2. The molecule has 1 saturated carbocycles. The Morgan fingerprint density at radius 1 is 1.50 bits per heavy atom. The summed E-state index contributed by atoms with van der Waals surface area (Å²) in [5.41, 5.74) is 1.36. The molecule has 0 aromatic carbocycles. The van der Waals surface area contributed by atoms with E-state index in [1.807, 2.05) is 18.8 Å². The van der Waals surface area contributed by atoms with Gasteiger partial charge in [-0.05, 0) is 33.9 Å². The van der Waals surface area contributed by atoms with Gasteiger partial charge in [0.1, 0.15) is 0 Å².